The fraction of sp³-hybridized carbons (Fsp3) is 0.333. The van der Waals surface area contributed by atoms with Gasteiger partial charge in [0.25, 0.3) is 0 Å². The van der Waals surface area contributed by atoms with E-state index < -0.39 is 0 Å². The molecule has 1 saturated carbocycles. The Morgan fingerprint density at radius 1 is 1.33 bits per heavy atom. The zero-order valence-electron chi connectivity index (χ0n) is 9.41. The van der Waals surface area contributed by atoms with Crippen molar-refractivity contribution in [1.82, 2.24) is 14.8 Å². The Morgan fingerprint density at radius 3 is 2.78 bits per heavy atom. The third-order valence-corrected chi connectivity index (χ3v) is 4.10. The van der Waals surface area contributed by atoms with Crippen molar-refractivity contribution in [2.45, 2.75) is 24.2 Å². The molecule has 1 aromatic carbocycles. The lowest BCUT2D eigenvalue weighted by molar-refractivity contribution is 0.619. The van der Waals surface area contributed by atoms with Crippen molar-refractivity contribution in [2.75, 3.05) is 0 Å². The minimum atomic E-state index is -0.284. The normalized spacial score (nSPS) is 15.1. The Balaban J connectivity index is 2.17. The maximum absolute atomic E-state index is 14.1. The van der Waals surface area contributed by atoms with Gasteiger partial charge in [0.15, 0.2) is 5.82 Å². The van der Waals surface area contributed by atoms with Gasteiger partial charge >= 0.3 is 0 Å². The highest BCUT2D eigenvalue weighted by molar-refractivity contribution is 9.10. The third-order valence-electron chi connectivity index (χ3n) is 2.99. The first-order chi connectivity index (χ1) is 8.72. The molecule has 0 atom stereocenters. The molecule has 3 nitrogen and oxygen atoms in total. The SMILES string of the molecule is Fc1c(Br)cccc1-c1nnc(CBr)n1C1CC1. The predicted molar refractivity (Wildman–Crippen MR) is 74.0 cm³/mol. The van der Waals surface area contributed by atoms with Crippen LogP contribution in [-0.4, -0.2) is 14.8 Å². The molecule has 0 bridgehead atoms. The summed E-state index contributed by atoms with van der Waals surface area (Å²) in [4.78, 5) is 0. The van der Waals surface area contributed by atoms with Gasteiger partial charge in [0, 0.05) is 6.04 Å². The van der Waals surface area contributed by atoms with Gasteiger partial charge < -0.3 is 4.57 Å². The summed E-state index contributed by atoms with van der Waals surface area (Å²) >= 11 is 6.60. The van der Waals surface area contributed by atoms with Crippen LogP contribution in [0, 0.1) is 5.82 Å². The molecule has 0 unspecified atom stereocenters. The first-order valence-electron chi connectivity index (χ1n) is 5.66. The predicted octanol–water partition coefficient (Wildman–Crippen LogP) is 4.08. The topological polar surface area (TPSA) is 30.7 Å². The largest absolute Gasteiger partial charge is 0.307 e. The van der Waals surface area contributed by atoms with Gasteiger partial charge in [0.1, 0.15) is 11.6 Å². The van der Waals surface area contributed by atoms with Gasteiger partial charge in [-0.2, -0.15) is 0 Å². The maximum atomic E-state index is 14.1. The molecule has 1 aliphatic carbocycles. The molecule has 1 fully saturated rings. The van der Waals surface area contributed by atoms with E-state index in [1.165, 1.54) is 0 Å². The van der Waals surface area contributed by atoms with Crippen LogP contribution in [-0.2, 0) is 5.33 Å². The molecule has 18 heavy (non-hydrogen) atoms. The second-order valence-corrected chi connectivity index (χ2v) is 5.69. The van der Waals surface area contributed by atoms with Crippen LogP contribution in [0.5, 0.6) is 0 Å². The summed E-state index contributed by atoms with van der Waals surface area (Å²) in [5, 5.41) is 8.90. The zero-order chi connectivity index (χ0) is 12.7. The first-order valence-corrected chi connectivity index (χ1v) is 7.58. The van der Waals surface area contributed by atoms with Gasteiger partial charge in [-0.3, -0.25) is 0 Å². The fourth-order valence-electron chi connectivity index (χ4n) is 1.99. The molecule has 0 aliphatic heterocycles. The quantitative estimate of drug-likeness (QED) is 0.758. The van der Waals surface area contributed by atoms with Crippen LogP contribution in [0.1, 0.15) is 24.7 Å². The monoisotopic (exact) mass is 373 g/mol. The number of benzene rings is 1. The average Bonchev–Trinajstić information content (AvgIpc) is 3.12. The van der Waals surface area contributed by atoms with Crippen molar-refractivity contribution in [3.63, 3.8) is 0 Å². The number of hydrogen-bond acceptors (Lipinski definition) is 2. The van der Waals surface area contributed by atoms with Gasteiger partial charge in [0.2, 0.25) is 0 Å². The van der Waals surface area contributed by atoms with Crippen LogP contribution in [0.3, 0.4) is 0 Å². The molecule has 0 amide bonds. The highest BCUT2D eigenvalue weighted by atomic mass is 79.9. The number of hydrogen-bond donors (Lipinski definition) is 0. The van der Waals surface area contributed by atoms with E-state index in [-0.39, 0.29) is 5.82 Å². The summed E-state index contributed by atoms with van der Waals surface area (Å²) < 4.78 is 16.6. The van der Waals surface area contributed by atoms with Gasteiger partial charge in [-0.05, 0) is 40.9 Å². The maximum Gasteiger partial charge on any atom is 0.167 e. The van der Waals surface area contributed by atoms with E-state index in [1.807, 2.05) is 10.6 Å². The summed E-state index contributed by atoms with van der Waals surface area (Å²) in [6, 6.07) is 5.64. The van der Waals surface area contributed by atoms with Crippen molar-refractivity contribution in [2.24, 2.45) is 0 Å². The van der Waals surface area contributed by atoms with Gasteiger partial charge in [-0.15, -0.1) is 10.2 Å². The van der Waals surface area contributed by atoms with Crippen LogP contribution in [0.2, 0.25) is 0 Å². The second-order valence-electron chi connectivity index (χ2n) is 4.28. The van der Waals surface area contributed by atoms with E-state index in [0.717, 1.165) is 18.7 Å². The number of halogens is 3. The number of alkyl halides is 1. The minimum Gasteiger partial charge on any atom is -0.307 e. The molecule has 0 spiro atoms. The molecule has 94 valence electrons. The smallest absolute Gasteiger partial charge is 0.167 e. The Morgan fingerprint density at radius 2 is 2.11 bits per heavy atom. The molecular formula is C12H10Br2FN3. The zero-order valence-corrected chi connectivity index (χ0v) is 12.6. The molecule has 0 N–H and O–H groups in total. The number of rotatable bonds is 3. The molecule has 0 saturated heterocycles. The summed E-state index contributed by atoms with van der Waals surface area (Å²) in [6.07, 6.45) is 2.22. The first kappa shape index (κ1) is 12.3. The highest BCUT2D eigenvalue weighted by Gasteiger charge is 2.30. The highest BCUT2D eigenvalue weighted by Crippen LogP contribution is 2.40. The Bertz CT molecular complexity index is 593. The third kappa shape index (κ3) is 2.01. The van der Waals surface area contributed by atoms with Crippen molar-refractivity contribution in [3.05, 3.63) is 34.3 Å². The Hall–Kier alpha value is -0.750. The second kappa shape index (κ2) is 4.74. The van der Waals surface area contributed by atoms with E-state index in [9.17, 15) is 4.39 Å². The lowest BCUT2D eigenvalue weighted by Crippen LogP contribution is -2.03. The molecular weight excluding hydrogens is 365 g/mol. The Labute approximate surface area is 121 Å². The van der Waals surface area contributed by atoms with Crippen molar-refractivity contribution < 1.29 is 4.39 Å². The fourth-order valence-corrected chi connectivity index (χ4v) is 2.74. The van der Waals surface area contributed by atoms with Gasteiger partial charge in [-0.25, -0.2) is 4.39 Å². The van der Waals surface area contributed by atoms with E-state index in [1.54, 1.807) is 12.1 Å². The summed E-state index contributed by atoms with van der Waals surface area (Å²) in [5.74, 6) is 1.19. The van der Waals surface area contributed by atoms with Crippen LogP contribution in [0.4, 0.5) is 4.39 Å². The molecule has 2 aromatic rings. The summed E-state index contributed by atoms with van der Waals surface area (Å²) in [6.45, 7) is 0. The van der Waals surface area contributed by atoms with Crippen LogP contribution < -0.4 is 0 Å². The summed E-state index contributed by atoms with van der Waals surface area (Å²) in [7, 11) is 0. The van der Waals surface area contributed by atoms with Crippen LogP contribution in [0.15, 0.2) is 22.7 Å². The van der Waals surface area contributed by atoms with Crippen molar-refractivity contribution >= 4 is 31.9 Å². The summed E-state index contributed by atoms with van der Waals surface area (Å²) in [5.41, 5.74) is 0.496. The number of aromatic nitrogens is 3. The van der Waals surface area contributed by atoms with E-state index in [0.29, 0.717) is 27.2 Å². The molecule has 6 heteroatoms. The lowest BCUT2D eigenvalue weighted by Gasteiger charge is -2.08. The molecule has 3 rings (SSSR count). The standard InChI is InChI=1S/C12H10Br2FN3/c13-6-10-16-17-12(18(10)7-4-5-7)8-2-1-3-9(14)11(8)15/h1-3,7H,4-6H2. The molecule has 1 heterocycles. The molecule has 1 aliphatic rings. The van der Waals surface area contributed by atoms with E-state index in [2.05, 4.69) is 42.1 Å². The van der Waals surface area contributed by atoms with Crippen LogP contribution >= 0.6 is 31.9 Å². The average molecular weight is 375 g/mol. The van der Waals surface area contributed by atoms with Gasteiger partial charge in [0.05, 0.1) is 15.4 Å². The lowest BCUT2D eigenvalue weighted by atomic mass is 10.2. The molecule has 1 aromatic heterocycles. The van der Waals surface area contributed by atoms with Crippen molar-refractivity contribution in [3.8, 4) is 11.4 Å². The minimum absolute atomic E-state index is 0.284. The van der Waals surface area contributed by atoms with Crippen LogP contribution in [0.25, 0.3) is 11.4 Å². The Kier molecular flexibility index (Phi) is 3.23. The number of nitrogens with zero attached hydrogens (tertiary/aromatic N) is 3. The van der Waals surface area contributed by atoms with E-state index in [4.69, 9.17) is 0 Å². The van der Waals surface area contributed by atoms with E-state index >= 15 is 0 Å². The van der Waals surface area contributed by atoms with Gasteiger partial charge in [-0.1, -0.05) is 22.0 Å². The molecule has 0 radical (unpaired) electrons. The van der Waals surface area contributed by atoms with Crippen molar-refractivity contribution in [1.29, 1.82) is 0 Å².